The number of aliphatic hydroxyl groups excluding tert-OH is 1. The summed E-state index contributed by atoms with van der Waals surface area (Å²) in [6.45, 7) is 9.12. The molecule has 2 rings (SSSR count). The molecule has 124 valence electrons. The normalized spacial score (nSPS) is 28.1. The molecule has 1 fully saturated rings. The van der Waals surface area contributed by atoms with Gasteiger partial charge in [0.1, 0.15) is 11.8 Å². The van der Waals surface area contributed by atoms with Crippen molar-refractivity contribution in [3.8, 4) is 0 Å². The van der Waals surface area contributed by atoms with E-state index >= 15 is 0 Å². The minimum Gasteiger partial charge on any atom is -0.465 e. The molecular formula is C15H24N2O4S. The number of thiazole rings is 1. The van der Waals surface area contributed by atoms with Crippen LogP contribution in [-0.2, 0) is 11.2 Å². The second kappa shape index (κ2) is 5.47. The van der Waals surface area contributed by atoms with Crippen LogP contribution in [0.4, 0.5) is 4.79 Å². The van der Waals surface area contributed by atoms with E-state index in [9.17, 15) is 15.0 Å². The summed E-state index contributed by atoms with van der Waals surface area (Å²) in [4.78, 5) is 17.7. The van der Waals surface area contributed by atoms with Crippen molar-refractivity contribution in [1.29, 1.82) is 0 Å². The second-order valence-electron chi connectivity index (χ2n) is 7.18. The molecule has 2 heterocycles. The second-order valence-corrected chi connectivity index (χ2v) is 7.90. The first-order valence-electron chi connectivity index (χ1n) is 7.25. The molecule has 0 bridgehead atoms. The van der Waals surface area contributed by atoms with E-state index in [0.717, 1.165) is 5.69 Å². The summed E-state index contributed by atoms with van der Waals surface area (Å²) in [6, 6.07) is 0. The maximum Gasteiger partial charge on any atom is 0.410 e. The quantitative estimate of drug-likeness (QED) is 0.891. The van der Waals surface area contributed by atoms with Gasteiger partial charge in [0.15, 0.2) is 0 Å². The highest BCUT2D eigenvalue weighted by Gasteiger charge is 2.65. The van der Waals surface area contributed by atoms with Gasteiger partial charge in [-0.05, 0) is 19.3 Å². The zero-order chi connectivity index (χ0) is 16.8. The van der Waals surface area contributed by atoms with Gasteiger partial charge >= 0.3 is 6.09 Å². The van der Waals surface area contributed by atoms with Crippen LogP contribution in [0.2, 0.25) is 0 Å². The van der Waals surface area contributed by atoms with Gasteiger partial charge in [-0.3, -0.25) is 4.90 Å². The third kappa shape index (κ3) is 2.51. The van der Waals surface area contributed by atoms with Gasteiger partial charge in [0, 0.05) is 11.8 Å². The summed E-state index contributed by atoms with van der Waals surface area (Å²) >= 11 is 1.47. The highest BCUT2D eigenvalue weighted by Crippen LogP contribution is 2.51. The van der Waals surface area contributed by atoms with Crippen molar-refractivity contribution in [2.45, 2.75) is 58.4 Å². The number of carbonyl (C=O) groups is 1. The third-order valence-corrected chi connectivity index (χ3v) is 5.13. The van der Waals surface area contributed by atoms with Crippen molar-refractivity contribution in [2.75, 3.05) is 6.61 Å². The zero-order valence-corrected chi connectivity index (χ0v) is 14.5. The van der Waals surface area contributed by atoms with E-state index in [-0.39, 0.29) is 6.61 Å². The predicted molar refractivity (Wildman–Crippen MR) is 83.9 cm³/mol. The molecule has 7 heteroatoms. The number of aliphatic hydroxyl groups is 1. The monoisotopic (exact) mass is 328 g/mol. The number of rotatable bonds is 3. The number of aromatic nitrogens is 1. The summed E-state index contributed by atoms with van der Waals surface area (Å²) < 4.78 is 5.93. The van der Waals surface area contributed by atoms with E-state index in [1.54, 1.807) is 19.4 Å². The van der Waals surface area contributed by atoms with Crippen LogP contribution in [0.15, 0.2) is 10.9 Å². The van der Waals surface area contributed by atoms with Crippen LogP contribution < -0.4 is 0 Å². The van der Waals surface area contributed by atoms with E-state index in [1.807, 2.05) is 26.2 Å². The van der Waals surface area contributed by atoms with Crippen LogP contribution in [0.3, 0.4) is 0 Å². The Hall–Kier alpha value is -1.18. The molecule has 0 spiro atoms. The lowest BCUT2D eigenvalue weighted by molar-refractivity contribution is -0.0771. The van der Waals surface area contributed by atoms with E-state index in [0.29, 0.717) is 6.42 Å². The molecular weight excluding hydrogens is 304 g/mol. The Labute approximate surface area is 134 Å². The minimum absolute atomic E-state index is 0.241. The van der Waals surface area contributed by atoms with Crippen LogP contribution in [0, 0.1) is 5.41 Å². The van der Waals surface area contributed by atoms with Crippen LogP contribution in [-0.4, -0.2) is 50.2 Å². The lowest BCUT2D eigenvalue weighted by atomic mass is 9.67. The molecule has 0 radical (unpaired) electrons. The Morgan fingerprint density at radius 3 is 2.55 bits per heavy atom. The number of hydrogen-bond acceptors (Lipinski definition) is 5. The van der Waals surface area contributed by atoms with Gasteiger partial charge in [-0.1, -0.05) is 20.8 Å². The van der Waals surface area contributed by atoms with Crippen molar-refractivity contribution in [2.24, 2.45) is 5.41 Å². The van der Waals surface area contributed by atoms with Crippen molar-refractivity contribution < 1.29 is 19.7 Å². The molecule has 2 N–H and O–H groups in total. The van der Waals surface area contributed by atoms with Crippen LogP contribution >= 0.6 is 11.3 Å². The molecule has 0 saturated carbocycles. The van der Waals surface area contributed by atoms with Crippen molar-refractivity contribution in [1.82, 2.24) is 9.88 Å². The first-order valence-corrected chi connectivity index (χ1v) is 8.19. The Morgan fingerprint density at radius 1 is 1.50 bits per heavy atom. The number of ether oxygens (including phenoxy) is 1. The van der Waals surface area contributed by atoms with E-state index in [4.69, 9.17) is 4.74 Å². The van der Waals surface area contributed by atoms with E-state index in [2.05, 4.69) is 4.98 Å². The Balaban J connectivity index is 2.63. The fourth-order valence-corrected chi connectivity index (χ4v) is 4.15. The molecule has 1 amide bonds. The number of carboxylic acid groups (broad SMARTS) is 1. The first-order chi connectivity index (χ1) is 10.1. The number of nitrogens with zero attached hydrogens (tertiary/aromatic N) is 2. The molecule has 0 aliphatic carbocycles. The van der Waals surface area contributed by atoms with E-state index < -0.39 is 28.9 Å². The molecule has 2 atom stereocenters. The van der Waals surface area contributed by atoms with E-state index in [1.165, 1.54) is 16.2 Å². The highest BCUT2D eigenvalue weighted by atomic mass is 32.1. The Morgan fingerprint density at radius 2 is 2.14 bits per heavy atom. The lowest BCUT2D eigenvalue weighted by Gasteiger charge is -2.50. The Bertz CT molecular complexity index is 538. The fourth-order valence-electron chi connectivity index (χ4n) is 3.59. The predicted octanol–water partition coefficient (Wildman–Crippen LogP) is 2.58. The lowest BCUT2D eigenvalue weighted by Crippen LogP contribution is -2.65. The Kier molecular flexibility index (Phi) is 4.27. The summed E-state index contributed by atoms with van der Waals surface area (Å²) in [6.07, 6.45) is -1.26. The number of hydrogen-bond donors (Lipinski definition) is 2. The average molecular weight is 328 g/mol. The van der Waals surface area contributed by atoms with Gasteiger partial charge in [0.05, 0.1) is 23.4 Å². The molecule has 1 aliphatic heterocycles. The summed E-state index contributed by atoms with van der Waals surface area (Å²) in [5.41, 5.74) is 0.182. The van der Waals surface area contributed by atoms with Gasteiger partial charge in [-0.25, -0.2) is 9.78 Å². The van der Waals surface area contributed by atoms with Gasteiger partial charge in [0.25, 0.3) is 0 Å². The molecule has 1 aromatic heterocycles. The molecule has 6 nitrogen and oxygen atoms in total. The standard InChI is InChI=1S/C15H24N2O4S/c1-13(2,3)15(6-10-8-22-9-16-10)11(7-18)21-14(4,5)17(15)12(19)20/h8-9,11,18H,6-7H2,1-5H3,(H,19,20)/t11-,15-/m1/s1. The van der Waals surface area contributed by atoms with Crippen molar-refractivity contribution in [3.63, 3.8) is 0 Å². The molecule has 0 unspecified atom stereocenters. The topological polar surface area (TPSA) is 82.9 Å². The van der Waals surface area contributed by atoms with Gasteiger partial charge in [-0.2, -0.15) is 0 Å². The molecule has 22 heavy (non-hydrogen) atoms. The average Bonchev–Trinajstić information content (AvgIpc) is 2.92. The zero-order valence-electron chi connectivity index (χ0n) is 13.7. The molecule has 1 saturated heterocycles. The summed E-state index contributed by atoms with van der Waals surface area (Å²) in [5.74, 6) is 0. The van der Waals surface area contributed by atoms with Crippen molar-refractivity contribution in [3.05, 3.63) is 16.6 Å². The van der Waals surface area contributed by atoms with Crippen LogP contribution in [0.1, 0.15) is 40.3 Å². The first kappa shape index (κ1) is 17.2. The number of amides is 1. The summed E-state index contributed by atoms with van der Waals surface area (Å²) in [5, 5.41) is 21.6. The van der Waals surface area contributed by atoms with Gasteiger partial charge < -0.3 is 14.9 Å². The van der Waals surface area contributed by atoms with Crippen molar-refractivity contribution >= 4 is 17.4 Å². The molecule has 0 aromatic carbocycles. The smallest absolute Gasteiger partial charge is 0.410 e. The third-order valence-electron chi connectivity index (χ3n) is 4.49. The maximum absolute atomic E-state index is 12.0. The minimum atomic E-state index is -1.05. The SMILES string of the molecule is CC1(C)O[C@H](CO)[C@](Cc2cscn2)(C(C)(C)C)N1C(=O)O. The highest BCUT2D eigenvalue weighted by molar-refractivity contribution is 7.07. The molecule has 1 aliphatic rings. The maximum atomic E-state index is 12.0. The van der Waals surface area contributed by atoms with Gasteiger partial charge in [0.2, 0.25) is 0 Å². The summed E-state index contributed by atoms with van der Waals surface area (Å²) in [7, 11) is 0. The largest absolute Gasteiger partial charge is 0.465 e. The molecule has 1 aromatic rings. The van der Waals surface area contributed by atoms with Crippen LogP contribution in [0.5, 0.6) is 0 Å². The van der Waals surface area contributed by atoms with Gasteiger partial charge in [-0.15, -0.1) is 11.3 Å². The van der Waals surface area contributed by atoms with Crippen LogP contribution in [0.25, 0.3) is 0 Å². The fraction of sp³-hybridized carbons (Fsp3) is 0.733.